The molecule has 16 heavy (non-hydrogen) atoms. The smallest absolute Gasteiger partial charge is 0.305 e. The van der Waals surface area contributed by atoms with Crippen molar-refractivity contribution in [1.29, 1.82) is 0 Å². The van der Waals surface area contributed by atoms with E-state index in [4.69, 9.17) is 5.11 Å². The summed E-state index contributed by atoms with van der Waals surface area (Å²) in [6.07, 6.45) is 0.358. The monoisotopic (exact) mass is 349 g/mol. The van der Waals surface area contributed by atoms with Gasteiger partial charge in [-0.2, -0.15) is 0 Å². The number of aliphatic carboxylic acids is 1. The van der Waals surface area contributed by atoms with E-state index in [1.807, 2.05) is 0 Å². The van der Waals surface area contributed by atoms with E-state index in [9.17, 15) is 9.59 Å². The fraction of sp³-hybridized carbons (Fsp3) is 0.200. The van der Waals surface area contributed by atoms with E-state index in [0.29, 0.717) is 6.41 Å². The summed E-state index contributed by atoms with van der Waals surface area (Å²) in [5.41, 5.74) is 0.740. The van der Waals surface area contributed by atoms with E-state index in [2.05, 4.69) is 37.2 Å². The van der Waals surface area contributed by atoms with Crippen LogP contribution < -0.4 is 5.32 Å². The Labute approximate surface area is 109 Å². The average molecular weight is 351 g/mol. The molecule has 0 aromatic heterocycles. The number of carboxylic acid groups (broad SMARTS) is 1. The van der Waals surface area contributed by atoms with Gasteiger partial charge in [-0.15, -0.1) is 0 Å². The third-order valence-electron chi connectivity index (χ3n) is 1.99. The average Bonchev–Trinajstić information content (AvgIpc) is 2.21. The Balaban J connectivity index is 2.95. The molecule has 0 spiro atoms. The molecule has 1 aromatic rings. The molecule has 1 amide bonds. The Kier molecular flexibility index (Phi) is 4.95. The highest BCUT2D eigenvalue weighted by Gasteiger charge is 2.15. The molecule has 0 saturated heterocycles. The van der Waals surface area contributed by atoms with Crippen LogP contribution in [0.1, 0.15) is 18.0 Å². The molecule has 1 aromatic carbocycles. The van der Waals surface area contributed by atoms with E-state index < -0.39 is 12.0 Å². The third kappa shape index (κ3) is 3.61. The van der Waals surface area contributed by atoms with Gasteiger partial charge in [0.15, 0.2) is 0 Å². The van der Waals surface area contributed by atoms with Gasteiger partial charge < -0.3 is 10.4 Å². The molecule has 0 aliphatic heterocycles. The van der Waals surface area contributed by atoms with Crippen molar-refractivity contribution in [3.05, 3.63) is 32.7 Å². The predicted molar refractivity (Wildman–Crippen MR) is 66.0 cm³/mol. The molecular formula is C10H9Br2NO3. The number of carbonyl (C=O) groups excluding carboxylic acids is 1. The fourth-order valence-corrected chi connectivity index (χ4v) is 1.90. The van der Waals surface area contributed by atoms with E-state index in [1.54, 1.807) is 18.2 Å². The van der Waals surface area contributed by atoms with Crippen LogP contribution in [0.25, 0.3) is 0 Å². The molecule has 0 aliphatic carbocycles. The Bertz CT molecular complexity index is 409. The van der Waals surface area contributed by atoms with Gasteiger partial charge in [0.2, 0.25) is 6.41 Å². The summed E-state index contributed by atoms with van der Waals surface area (Å²) in [6, 6.07) is 4.81. The topological polar surface area (TPSA) is 66.4 Å². The van der Waals surface area contributed by atoms with Gasteiger partial charge in [-0.25, -0.2) is 0 Å². The summed E-state index contributed by atoms with van der Waals surface area (Å²) < 4.78 is 1.68. The molecule has 0 fully saturated rings. The zero-order valence-corrected chi connectivity index (χ0v) is 11.3. The van der Waals surface area contributed by atoms with Gasteiger partial charge in [0, 0.05) is 8.95 Å². The van der Waals surface area contributed by atoms with Crippen LogP contribution in [0.4, 0.5) is 0 Å². The molecule has 0 radical (unpaired) electrons. The molecule has 1 atom stereocenters. The van der Waals surface area contributed by atoms with Crippen molar-refractivity contribution >= 4 is 44.2 Å². The summed E-state index contributed by atoms with van der Waals surface area (Å²) in [7, 11) is 0. The quantitative estimate of drug-likeness (QED) is 0.802. The zero-order valence-electron chi connectivity index (χ0n) is 8.11. The highest BCUT2D eigenvalue weighted by Crippen LogP contribution is 2.27. The Morgan fingerprint density at radius 2 is 2.12 bits per heavy atom. The lowest BCUT2D eigenvalue weighted by atomic mass is 10.0. The van der Waals surface area contributed by atoms with Crippen molar-refractivity contribution in [1.82, 2.24) is 5.32 Å². The van der Waals surface area contributed by atoms with Crippen molar-refractivity contribution < 1.29 is 14.7 Å². The first-order chi connectivity index (χ1) is 7.54. The largest absolute Gasteiger partial charge is 0.481 e. The van der Waals surface area contributed by atoms with Crippen LogP contribution in [0.3, 0.4) is 0 Å². The van der Waals surface area contributed by atoms with Gasteiger partial charge in [0.05, 0.1) is 12.5 Å². The molecule has 1 rings (SSSR count). The van der Waals surface area contributed by atoms with Crippen LogP contribution in [0.15, 0.2) is 27.1 Å². The molecule has 1 unspecified atom stereocenters. The number of hydrogen-bond acceptors (Lipinski definition) is 2. The normalized spacial score (nSPS) is 11.9. The van der Waals surface area contributed by atoms with E-state index in [-0.39, 0.29) is 6.42 Å². The molecule has 6 heteroatoms. The molecule has 0 heterocycles. The first-order valence-corrected chi connectivity index (χ1v) is 5.99. The lowest BCUT2D eigenvalue weighted by Gasteiger charge is -2.14. The van der Waals surface area contributed by atoms with Gasteiger partial charge in [0.1, 0.15) is 0 Å². The van der Waals surface area contributed by atoms with E-state index in [0.717, 1.165) is 14.5 Å². The first kappa shape index (κ1) is 13.2. The minimum Gasteiger partial charge on any atom is -0.481 e. The summed E-state index contributed by atoms with van der Waals surface area (Å²) in [5, 5.41) is 11.2. The predicted octanol–water partition coefficient (Wildman–Crippen LogP) is 2.47. The molecule has 2 N–H and O–H groups in total. The number of carboxylic acids is 1. The number of hydrogen-bond donors (Lipinski definition) is 2. The van der Waals surface area contributed by atoms with E-state index in [1.165, 1.54) is 0 Å². The number of halogens is 2. The maximum atomic E-state index is 10.6. The summed E-state index contributed by atoms with van der Waals surface area (Å²) in [4.78, 5) is 21.0. The third-order valence-corrected chi connectivity index (χ3v) is 3.87. The van der Waals surface area contributed by atoms with Crippen molar-refractivity contribution in [3.63, 3.8) is 0 Å². The number of benzene rings is 1. The molecule has 0 bridgehead atoms. The van der Waals surface area contributed by atoms with Gasteiger partial charge in [-0.3, -0.25) is 9.59 Å². The van der Waals surface area contributed by atoms with Crippen LogP contribution >= 0.6 is 31.9 Å². The summed E-state index contributed by atoms with van der Waals surface area (Å²) in [5.74, 6) is -0.960. The van der Waals surface area contributed by atoms with Gasteiger partial charge >= 0.3 is 5.97 Å². The molecule has 86 valence electrons. The van der Waals surface area contributed by atoms with Crippen LogP contribution in [0.5, 0.6) is 0 Å². The van der Waals surface area contributed by atoms with Gasteiger partial charge in [0.25, 0.3) is 0 Å². The number of carbonyl (C=O) groups is 2. The number of rotatable bonds is 5. The molecular weight excluding hydrogens is 342 g/mol. The van der Waals surface area contributed by atoms with Crippen molar-refractivity contribution in [2.45, 2.75) is 12.5 Å². The summed E-state index contributed by atoms with van der Waals surface area (Å²) >= 11 is 6.64. The first-order valence-electron chi connectivity index (χ1n) is 4.41. The Hall–Kier alpha value is -0.880. The molecule has 0 aliphatic rings. The van der Waals surface area contributed by atoms with Crippen molar-refractivity contribution in [2.24, 2.45) is 0 Å². The minimum atomic E-state index is -0.960. The zero-order chi connectivity index (χ0) is 12.1. The minimum absolute atomic E-state index is 0.146. The van der Waals surface area contributed by atoms with Gasteiger partial charge in [-0.05, 0) is 49.6 Å². The second kappa shape index (κ2) is 6.00. The van der Waals surface area contributed by atoms with Crippen LogP contribution in [-0.2, 0) is 9.59 Å². The Morgan fingerprint density at radius 1 is 1.44 bits per heavy atom. The SMILES string of the molecule is O=CNC(CC(=O)O)c1ccc(Br)c(Br)c1. The van der Waals surface area contributed by atoms with Crippen LogP contribution in [0.2, 0.25) is 0 Å². The lowest BCUT2D eigenvalue weighted by molar-refractivity contribution is -0.137. The molecule has 0 saturated carbocycles. The Morgan fingerprint density at radius 3 is 2.62 bits per heavy atom. The van der Waals surface area contributed by atoms with Crippen LogP contribution in [-0.4, -0.2) is 17.5 Å². The molecule has 4 nitrogen and oxygen atoms in total. The standard InChI is InChI=1S/C10H9Br2NO3/c11-7-2-1-6(3-8(7)12)9(13-5-14)4-10(15)16/h1-3,5,9H,4H2,(H,13,14)(H,15,16). The maximum Gasteiger partial charge on any atom is 0.305 e. The fourth-order valence-electron chi connectivity index (χ4n) is 1.26. The van der Waals surface area contributed by atoms with Crippen molar-refractivity contribution in [3.8, 4) is 0 Å². The number of amides is 1. The highest BCUT2D eigenvalue weighted by atomic mass is 79.9. The lowest BCUT2D eigenvalue weighted by Crippen LogP contribution is -2.22. The second-order valence-electron chi connectivity index (χ2n) is 3.11. The maximum absolute atomic E-state index is 10.6. The highest BCUT2D eigenvalue weighted by molar-refractivity contribution is 9.13. The summed E-state index contributed by atoms with van der Waals surface area (Å²) in [6.45, 7) is 0. The van der Waals surface area contributed by atoms with E-state index >= 15 is 0 Å². The van der Waals surface area contributed by atoms with Crippen molar-refractivity contribution in [2.75, 3.05) is 0 Å². The number of nitrogens with one attached hydrogen (secondary N) is 1. The van der Waals surface area contributed by atoms with Crippen LogP contribution in [0, 0.1) is 0 Å². The second-order valence-corrected chi connectivity index (χ2v) is 4.82. The van der Waals surface area contributed by atoms with Gasteiger partial charge in [-0.1, -0.05) is 6.07 Å².